The molecule has 25 heavy (non-hydrogen) atoms. The number of nitrogens with one attached hydrogen (secondary N) is 1. The van der Waals surface area contributed by atoms with Crippen LogP contribution in [0.3, 0.4) is 0 Å². The van der Waals surface area contributed by atoms with Gasteiger partial charge >= 0.3 is 5.69 Å². The van der Waals surface area contributed by atoms with Crippen molar-refractivity contribution in [2.75, 3.05) is 7.11 Å². The van der Waals surface area contributed by atoms with Crippen molar-refractivity contribution in [1.29, 1.82) is 0 Å². The second kappa shape index (κ2) is 6.00. The van der Waals surface area contributed by atoms with Crippen LogP contribution in [0.4, 0.5) is 0 Å². The number of benzene rings is 1. The minimum Gasteiger partial charge on any atom is -0.504 e. The van der Waals surface area contributed by atoms with E-state index in [1.165, 1.54) is 21.2 Å². The first-order chi connectivity index (χ1) is 11.8. The van der Waals surface area contributed by atoms with Gasteiger partial charge in [0.1, 0.15) is 5.56 Å². The Kier molecular flexibility index (Phi) is 3.99. The van der Waals surface area contributed by atoms with Crippen LogP contribution in [0, 0.1) is 0 Å². The Labute approximate surface area is 142 Å². The maximum atomic E-state index is 12.4. The van der Waals surface area contributed by atoms with E-state index in [9.17, 15) is 19.8 Å². The third kappa shape index (κ3) is 2.63. The monoisotopic (exact) mass is 346 g/mol. The van der Waals surface area contributed by atoms with Crippen molar-refractivity contribution in [1.82, 2.24) is 14.6 Å². The summed E-state index contributed by atoms with van der Waals surface area (Å²) in [6.07, 6.45) is 0.312. The first-order valence-electron chi connectivity index (χ1n) is 7.53. The molecule has 132 valence electrons. The Morgan fingerprint density at radius 1 is 1.24 bits per heavy atom. The Hall–Kier alpha value is -3.23. The average molecular weight is 346 g/mol. The fourth-order valence-corrected chi connectivity index (χ4v) is 2.80. The van der Waals surface area contributed by atoms with Crippen molar-refractivity contribution in [3.8, 4) is 17.4 Å². The van der Waals surface area contributed by atoms with Crippen molar-refractivity contribution in [2.45, 2.75) is 12.5 Å². The van der Waals surface area contributed by atoms with Crippen LogP contribution in [0.1, 0.15) is 23.6 Å². The SMILES string of the molecule is COc1ccc([C@@H]2CC(c3c(O)n(C)c(=O)n(C)c3=O)=NN2)cc1O. The number of aromatic hydroxyl groups is 2. The van der Waals surface area contributed by atoms with Gasteiger partial charge in [-0.15, -0.1) is 0 Å². The van der Waals surface area contributed by atoms with Crippen LogP contribution in [0.2, 0.25) is 0 Å². The Bertz CT molecular complexity index is 989. The van der Waals surface area contributed by atoms with Crippen molar-refractivity contribution >= 4 is 5.71 Å². The molecule has 2 aromatic rings. The normalized spacial score (nSPS) is 16.4. The first-order valence-corrected chi connectivity index (χ1v) is 7.53. The molecule has 1 atom stereocenters. The molecule has 0 amide bonds. The molecule has 0 aliphatic carbocycles. The number of ether oxygens (including phenoxy) is 1. The van der Waals surface area contributed by atoms with Gasteiger partial charge in [0.15, 0.2) is 11.5 Å². The van der Waals surface area contributed by atoms with Crippen molar-refractivity contribution in [3.63, 3.8) is 0 Å². The summed E-state index contributed by atoms with van der Waals surface area (Å²) >= 11 is 0. The standard InChI is InChI=1S/C16H18N4O5/c1-19-14(22)13(15(23)20(2)16(19)24)10-7-9(17-18-10)8-4-5-12(25-3)11(21)6-8/h4-6,9,17,21-22H,7H2,1-3H3/t9-/m0/s1. The number of hydrogen-bond donors (Lipinski definition) is 3. The van der Waals surface area contributed by atoms with Gasteiger partial charge in [0.05, 0.1) is 18.9 Å². The fourth-order valence-electron chi connectivity index (χ4n) is 2.80. The minimum atomic E-state index is -0.616. The molecule has 0 radical (unpaired) electrons. The number of phenols is 1. The van der Waals surface area contributed by atoms with Gasteiger partial charge in [0, 0.05) is 20.5 Å². The molecule has 3 N–H and O–H groups in total. The Morgan fingerprint density at radius 2 is 1.96 bits per heavy atom. The molecule has 0 saturated carbocycles. The van der Waals surface area contributed by atoms with Crippen LogP contribution in [-0.2, 0) is 14.1 Å². The van der Waals surface area contributed by atoms with Crippen LogP contribution in [0.5, 0.6) is 17.4 Å². The molecule has 1 aliphatic rings. The molecule has 1 aromatic heterocycles. The van der Waals surface area contributed by atoms with Gasteiger partial charge in [-0.2, -0.15) is 5.10 Å². The Morgan fingerprint density at radius 3 is 2.60 bits per heavy atom. The van der Waals surface area contributed by atoms with Gasteiger partial charge < -0.3 is 20.4 Å². The summed E-state index contributed by atoms with van der Waals surface area (Å²) in [6, 6.07) is 4.67. The molecular weight excluding hydrogens is 328 g/mol. The number of aromatic nitrogens is 2. The lowest BCUT2D eigenvalue weighted by molar-refractivity contribution is 0.372. The van der Waals surface area contributed by atoms with Gasteiger partial charge in [0.25, 0.3) is 5.56 Å². The number of methoxy groups -OCH3 is 1. The maximum absolute atomic E-state index is 12.4. The molecule has 2 heterocycles. The van der Waals surface area contributed by atoms with E-state index in [0.29, 0.717) is 17.9 Å². The molecule has 0 spiro atoms. The predicted molar refractivity (Wildman–Crippen MR) is 90.3 cm³/mol. The highest BCUT2D eigenvalue weighted by molar-refractivity contribution is 6.03. The second-order valence-corrected chi connectivity index (χ2v) is 5.78. The molecule has 1 aliphatic heterocycles. The summed E-state index contributed by atoms with van der Waals surface area (Å²) in [5.74, 6) is -0.0736. The molecule has 0 unspecified atom stereocenters. The number of rotatable bonds is 3. The molecular formula is C16H18N4O5. The summed E-state index contributed by atoms with van der Waals surface area (Å²) in [5.41, 5.74) is 2.73. The summed E-state index contributed by atoms with van der Waals surface area (Å²) in [4.78, 5) is 24.2. The molecule has 0 fully saturated rings. The minimum absolute atomic E-state index is 0.00359. The molecule has 0 saturated heterocycles. The molecule has 9 heteroatoms. The molecule has 3 rings (SSSR count). The van der Waals surface area contributed by atoms with Gasteiger partial charge in [-0.05, 0) is 17.7 Å². The Balaban J connectivity index is 1.95. The van der Waals surface area contributed by atoms with Crippen molar-refractivity contribution in [3.05, 3.63) is 50.2 Å². The zero-order valence-electron chi connectivity index (χ0n) is 14.0. The quantitative estimate of drug-likeness (QED) is 0.717. The highest BCUT2D eigenvalue weighted by Crippen LogP contribution is 2.32. The van der Waals surface area contributed by atoms with E-state index in [1.54, 1.807) is 18.2 Å². The first kappa shape index (κ1) is 16.6. The summed E-state index contributed by atoms with van der Waals surface area (Å²) < 4.78 is 6.93. The van der Waals surface area contributed by atoms with E-state index < -0.39 is 17.1 Å². The molecule has 1 aromatic carbocycles. The highest BCUT2D eigenvalue weighted by atomic mass is 16.5. The van der Waals surface area contributed by atoms with Crippen LogP contribution in [-0.4, -0.2) is 32.2 Å². The van der Waals surface area contributed by atoms with Crippen molar-refractivity contribution in [2.24, 2.45) is 19.2 Å². The number of hydrazone groups is 1. The summed E-state index contributed by atoms with van der Waals surface area (Å²) in [7, 11) is 4.18. The van der Waals surface area contributed by atoms with E-state index in [-0.39, 0.29) is 17.4 Å². The summed E-state index contributed by atoms with van der Waals surface area (Å²) in [5, 5.41) is 24.2. The van der Waals surface area contributed by atoms with E-state index in [2.05, 4.69) is 10.5 Å². The van der Waals surface area contributed by atoms with E-state index in [0.717, 1.165) is 14.7 Å². The fraction of sp³-hybridized carbons (Fsp3) is 0.312. The van der Waals surface area contributed by atoms with Crippen LogP contribution >= 0.6 is 0 Å². The topological polar surface area (TPSA) is 118 Å². The molecule has 9 nitrogen and oxygen atoms in total. The lowest BCUT2D eigenvalue weighted by atomic mass is 9.99. The van der Waals surface area contributed by atoms with E-state index >= 15 is 0 Å². The zero-order chi connectivity index (χ0) is 18.3. The average Bonchev–Trinajstić information content (AvgIpc) is 3.08. The largest absolute Gasteiger partial charge is 0.504 e. The predicted octanol–water partition coefficient (Wildman–Crippen LogP) is -0.0575. The van der Waals surface area contributed by atoms with Gasteiger partial charge in [0.2, 0.25) is 5.88 Å². The maximum Gasteiger partial charge on any atom is 0.333 e. The smallest absolute Gasteiger partial charge is 0.333 e. The number of phenolic OH excluding ortho intramolecular Hbond substituents is 1. The van der Waals surface area contributed by atoms with Crippen LogP contribution in [0.15, 0.2) is 32.9 Å². The lowest BCUT2D eigenvalue weighted by Gasteiger charge is -2.13. The van der Waals surface area contributed by atoms with Gasteiger partial charge in [-0.25, -0.2) is 4.79 Å². The van der Waals surface area contributed by atoms with Crippen LogP contribution in [0.25, 0.3) is 0 Å². The van der Waals surface area contributed by atoms with Gasteiger partial charge in [-0.1, -0.05) is 6.07 Å². The zero-order valence-corrected chi connectivity index (χ0v) is 14.0. The number of hydrogen-bond acceptors (Lipinski definition) is 7. The third-order valence-electron chi connectivity index (χ3n) is 4.28. The highest BCUT2D eigenvalue weighted by Gasteiger charge is 2.28. The van der Waals surface area contributed by atoms with E-state index in [4.69, 9.17) is 4.74 Å². The number of nitrogens with zero attached hydrogens (tertiary/aromatic N) is 3. The second-order valence-electron chi connectivity index (χ2n) is 5.78. The van der Waals surface area contributed by atoms with E-state index in [1.807, 2.05) is 0 Å². The van der Waals surface area contributed by atoms with Crippen molar-refractivity contribution < 1.29 is 14.9 Å². The molecule has 0 bridgehead atoms. The van der Waals surface area contributed by atoms with Crippen LogP contribution < -0.4 is 21.4 Å². The third-order valence-corrected chi connectivity index (χ3v) is 4.28. The summed E-state index contributed by atoms with van der Waals surface area (Å²) in [6.45, 7) is 0. The lowest BCUT2D eigenvalue weighted by Crippen LogP contribution is -2.39. The van der Waals surface area contributed by atoms with Gasteiger partial charge in [-0.3, -0.25) is 13.9 Å².